The second-order valence-electron chi connectivity index (χ2n) is 9.82. The molecule has 39 heavy (non-hydrogen) atoms. The van der Waals surface area contributed by atoms with Gasteiger partial charge in [-0.1, -0.05) is 36.4 Å². The van der Waals surface area contributed by atoms with Gasteiger partial charge in [-0.05, 0) is 12.1 Å². The third-order valence-electron chi connectivity index (χ3n) is 7.67. The Labute approximate surface area is 220 Å². The van der Waals surface area contributed by atoms with Crippen molar-refractivity contribution in [1.29, 1.82) is 5.26 Å². The Balaban J connectivity index is 1.63. The Hall–Kier alpha value is -4.31. The van der Waals surface area contributed by atoms with Gasteiger partial charge < -0.3 is 29.6 Å². The zero-order valence-corrected chi connectivity index (χ0v) is 20.5. The number of hydrogen-bond donors (Lipinski definition) is 5. The molecular formula is C28H23N5O6. The Kier molecular flexibility index (Phi) is 5.25. The molecule has 196 valence electrons. The largest absolute Gasteiger partial charge is 0.388 e. The highest BCUT2D eigenvalue weighted by Crippen LogP contribution is 2.46. The maximum Gasteiger partial charge on any atom is 0.276 e. The monoisotopic (exact) mass is 525 g/mol. The predicted molar refractivity (Wildman–Crippen MR) is 141 cm³/mol. The first-order valence-corrected chi connectivity index (χ1v) is 12.6. The number of nitrogens with zero attached hydrogens (tertiary/aromatic N) is 3. The average Bonchev–Trinajstić information content (AvgIpc) is 3.56. The quantitative estimate of drug-likeness (QED) is 0.176. The summed E-state index contributed by atoms with van der Waals surface area (Å²) in [6, 6.07) is 16.7. The maximum atomic E-state index is 13.9. The highest BCUT2D eigenvalue weighted by atomic mass is 16.5. The summed E-state index contributed by atoms with van der Waals surface area (Å²) in [5, 5.41) is 44.0. The number of nitriles is 1. The molecule has 7 rings (SSSR count). The normalized spacial score (nSPS) is 23.4. The zero-order valence-electron chi connectivity index (χ0n) is 20.5. The molecule has 11 nitrogen and oxygen atoms in total. The van der Waals surface area contributed by atoms with Crippen molar-refractivity contribution in [3.63, 3.8) is 0 Å². The number of imide groups is 1. The molecular weight excluding hydrogens is 502 g/mol. The Morgan fingerprint density at radius 1 is 0.974 bits per heavy atom. The number of hydrogen-bond acceptors (Lipinski definition) is 8. The fourth-order valence-electron chi connectivity index (χ4n) is 5.98. The van der Waals surface area contributed by atoms with E-state index in [4.69, 9.17) is 10.00 Å². The number of amides is 2. The number of aromatic amines is 1. The molecule has 2 aliphatic rings. The van der Waals surface area contributed by atoms with Crippen molar-refractivity contribution in [3.05, 3.63) is 59.7 Å². The number of aliphatic hydroxyl groups is 3. The number of fused-ring (bicyclic) bond motifs is 10. The van der Waals surface area contributed by atoms with Crippen molar-refractivity contribution in [2.24, 2.45) is 0 Å². The Morgan fingerprint density at radius 3 is 2.44 bits per heavy atom. The summed E-state index contributed by atoms with van der Waals surface area (Å²) < 4.78 is 7.62. The van der Waals surface area contributed by atoms with Crippen LogP contribution in [0.25, 0.3) is 43.6 Å². The standard InChI is InChI=1S/C28H23N5O6/c29-10-5-11-30-33-26(37)20-18-13-6-1-3-8-15(13)31-22(18)23-19(21(20)27(33)38)14-7-2-4-9-16(14)32(23)28-25(36)24(35)17(34)12-39-28/h1-4,6-9,17,24-25,28,30-31,34-36H,5,11-12H2/t17-,24+,25-,28-/m1/s1. The predicted octanol–water partition coefficient (Wildman–Crippen LogP) is 2.05. The number of ether oxygens (including phenoxy) is 1. The molecule has 2 aromatic heterocycles. The fourth-order valence-corrected chi connectivity index (χ4v) is 5.98. The van der Waals surface area contributed by atoms with Crippen LogP contribution >= 0.6 is 0 Å². The number of para-hydroxylation sites is 2. The summed E-state index contributed by atoms with van der Waals surface area (Å²) in [6.45, 7) is -0.0854. The first kappa shape index (κ1) is 23.8. The summed E-state index contributed by atoms with van der Waals surface area (Å²) >= 11 is 0. The van der Waals surface area contributed by atoms with Crippen molar-refractivity contribution in [2.75, 3.05) is 13.2 Å². The van der Waals surface area contributed by atoms with E-state index < -0.39 is 36.4 Å². The molecule has 1 saturated heterocycles. The first-order valence-electron chi connectivity index (χ1n) is 12.6. The highest BCUT2D eigenvalue weighted by Gasteiger charge is 2.44. The molecule has 0 aliphatic carbocycles. The average molecular weight is 526 g/mol. The number of aliphatic hydroxyl groups excluding tert-OH is 3. The molecule has 1 fully saturated rings. The van der Waals surface area contributed by atoms with Gasteiger partial charge in [-0.25, -0.2) is 10.4 Å². The lowest BCUT2D eigenvalue weighted by molar-refractivity contribution is -0.208. The second kappa shape index (κ2) is 8.60. The smallest absolute Gasteiger partial charge is 0.276 e. The van der Waals surface area contributed by atoms with E-state index in [-0.39, 0.29) is 30.7 Å². The van der Waals surface area contributed by atoms with Crippen molar-refractivity contribution in [1.82, 2.24) is 20.0 Å². The molecule has 5 aromatic rings. The number of nitrogens with one attached hydrogen (secondary N) is 2. The van der Waals surface area contributed by atoms with Gasteiger partial charge in [0.15, 0.2) is 6.23 Å². The minimum atomic E-state index is -1.47. The molecule has 5 N–H and O–H groups in total. The summed E-state index contributed by atoms with van der Waals surface area (Å²) in [6.07, 6.45) is -5.16. The van der Waals surface area contributed by atoms with Gasteiger partial charge in [-0.2, -0.15) is 5.26 Å². The SMILES string of the molecule is N#CCCNN1C(=O)c2c(c3c4ccccc4n([C@@H]4OC[C@@H](O)[C@H](O)[C@H]4O)c3c3[nH]c4ccccc4c23)C1=O. The molecule has 0 saturated carbocycles. The molecule has 0 radical (unpaired) electrons. The number of carbonyl (C=O) groups excluding carboxylic acids is 2. The molecule has 0 unspecified atom stereocenters. The van der Waals surface area contributed by atoms with Crippen molar-refractivity contribution in [3.8, 4) is 6.07 Å². The third-order valence-corrected chi connectivity index (χ3v) is 7.67. The van der Waals surface area contributed by atoms with Crippen LogP contribution in [0.1, 0.15) is 33.4 Å². The molecule has 2 amide bonds. The van der Waals surface area contributed by atoms with E-state index in [0.717, 1.165) is 15.9 Å². The number of H-pyrrole nitrogens is 1. The lowest BCUT2D eigenvalue weighted by atomic mass is 9.96. The number of carbonyl (C=O) groups is 2. The van der Waals surface area contributed by atoms with E-state index in [1.807, 2.05) is 54.6 Å². The lowest BCUT2D eigenvalue weighted by Gasteiger charge is -2.36. The molecule has 4 atom stereocenters. The maximum absolute atomic E-state index is 13.9. The number of aromatic nitrogens is 2. The third kappa shape index (κ3) is 3.15. The van der Waals surface area contributed by atoms with Crippen LogP contribution in [-0.4, -0.2) is 73.2 Å². The zero-order chi connectivity index (χ0) is 27.0. The first-order chi connectivity index (χ1) is 18.9. The van der Waals surface area contributed by atoms with E-state index in [1.54, 1.807) is 4.57 Å². The highest BCUT2D eigenvalue weighted by molar-refractivity contribution is 6.39. The van der Waals surface area contributed by atoms with Gasteiger partial charge in [-0.3, -0.25) is 9.59 Å². The van der Waals surface area contributed by atoms with E-state index in [0.29, 0.717) is 32.7 Å². The number of rotatable bonds is 4. The lowest BCUT2D eigenvalue weighted by Crippen LogP contribution is -2.50. The van der Waals surface area contributed by atoms with E-state index >= 15 is 0 Å². The second-order valence-corrected chi connectivity index (χ2v) is 9.82. The van der Waals surface area contributed by atoms with Crippen LogP contribution < -0.4 is 5.43 Å². The van der Waals surface area contributed by atoms with Gasteiger partial charge in [0, 0.05) is 40.0 Å². The van der Waals surface area contributed by atoms with Gasteiger partial charge in [0.25, 0.3) is 11.8 Å². The van der Waals surface area contributed by atoms with Crippen LogP contribution in [0.15, 0.2) is 48.5 Å². The summed E-state index contributed by atoms with van der Waals surface area (Å²) in [4.78, 5) is 31.1. The van der Waals surface area contributed by atoms with Gasteiger partial charge in [0.2, 0.25) is 0 Å². The van der Waals surface area contributed by atoms with Gasteiger partial charge in [0.05, 0.1) is 40.4 Å². The van der Waals surface area contributed by atoms with Gasteiger partial charge in [-0.15, -0.1) is 0 Å². The van der Waals surface area contributed by atoms with Crippen LogP contribution in [-0.2, 0) is 4.74 Å². The molecule has 11 heteroatoms. The molecule has 0 spiro atoms. The van der Waals surface area contributed by atoms with Crippen LogP contribution in [0, 0.1) is 11.3 Å². The van der Waals surface area contributed by atoms with E-state index in [9.17, 15) is 24.9 Å². The van der Waals surface area contributed by atoms with E-state index in [2.05, 4.69) is 10.4 Å². The minimum Gasteiger partial charge on any atom is -0.388 e. The van der Waals surface area contributed by atoms with Crippen molar-refractivity contribution >= 4 is 55.4 Å². The summed E-state index contributed by atoms with van der Waals surface area (Å²) in [7, 11) is 0. The molecule has 4 heterocycles. The number of hydrazine groups is 1. The summed E-state index contributed by atoms with van der Waals surface area (Å²) in [5.74, 6) is -1.07. The Bertz CT molecular complexity index is 1880. The Morgan fingerprint density at radius 2 is 1.67 bits per heavy atom. The molecule has 3 aromatic carbocycles. The molecule has 0 bridgehead atoms. The topological polar surface area (TPSA) is 164 Å². The van der Waals surface area contributed by atoms with Gasteiger partial charge in [0.1, 0.15) is 18.3 Å². The van der Waals surface area contributed by atoms with Crippen LogP contribution in [0.2, 0.25) is 0 Å². The van der Waals surface area contributed by atoms with Crippen LogP contribution in [0.3, 0.4) is 0 Å². The van der Waals surface area contributed by atoms with Crippen molar-refractivity contribution < 1.29 is 29.6 Å². The van der Waals surface area contributed by atoms with Crippen LogP contribution in [0.5, 0.6) is 0 Å². The van der Waals surface area contributed by atoms with Gasteiger partial charge >= 0.3 is 0 Å². The van der Waals surface area contributed by atoms with Crippen molar-refractivity contribution in [2.45, 2.75) is 31.0 Å². The van der Waals surface area contributed by atoms with Crippen LogP contribution in [0.4, 0.5) is 0 Å². The number of benzene rings is 3. The van der Waals surface area contributed by atoms with E-state index in [1.165, 1.54) is 0 Å². The molecule has 2 aliphatic heterocycles. The fraction of sp³-hybridized carbons (Fsp3) is 0.250. The summed E-state index contributed by atoms with van der Waals surface area (Å²) in [5.41, 5.74) is 5.70. The minimum absolute atomic E-state index is 0.107.